The second-order valence-electron chi connectivity index (χ2n) is 5.90. The largest absolute Gasteiger partial charge is 0.451 e. The van der Waals surface area contributed by atoms with Crippen molar-refractivity contribution in [1.29, 1.82) is 0 Å². The number of benzene rings is 1. The summed E-state index contributed by atoms with van der Waals surface area (Å²) in [4.78, 5) is 36.0. The van der Waals surface area contributed by atoms with E-state index in [0.717, 1.165) is 22.3 Å². The fourth-order valence-corrected chi connectivity index (χ4v) is 2.90. The fraction of sp³-hybridized carbons (Fsp3) is 0.167. The van der Waals surface area contributed by atoms with Crippen LogP contribution in [-0.2, 0) is 4.74 Å². The van der Waals surface area contributed by atoms with Gasteiger partial charge in [0.25, 0.3) is 11.6 Å². The summed E-state index contributed by atoms with van der Waals surface area (Å²) >= 11 is 0. The number of aryl methyl sites for hydroxylation is 2. The highest BCUT2D eigenvalue weighted by molar-refractivity contribution is 6.10. The topological polar surface area (TPSA) is 102 Å². The maximum absolute atomic E-state index is 12.5. The Morgan fingerprint density at radius 1 is 1.19 bits per heavy atom. The number of ether oxygens (including phenoxy) is 1. The van der Waals surface area contributed by atoms with E-state index in [0.29, 0.717) is 11.3 Å². The summed E-state index contributed by atoms with van der Waals surface area (Å²) in [6.45, 7) is 3.25. The van der Waals surface area contributed by atoms with Crippen LogP contribution in [0.1, 0.15) is 32.4 Å². The van der Waals surface area contributed by atoms with Crippen molar-refractivity contribution >= 4 is 28.4 Å². The van der Waals surface area contributed by atoms with Crippen LogP contribution in [0.3, 0.4) is 0 Å². The van der Waals surface area contributed by atoms with E-state index in [2.05, 4.69) is 20.1 Å². The number of aromatic amines is 1. The number of hydrogen-bond donors (Lipinski definition) is 1. The molecule has 0 bridgehead atoms. The summed E-state index contributed by atoms with van der Waals surface area (Å²) < 4.78 is 6.57. The summed E-state index contributed by atoms with van der Waals surface area (Å²) in [5, 5.41) is 4.87. The van der Waals surface area contributed by atoms with Crippen molar-refractivity contribution < 1.29 is 14.3 Å². The second kappa shape index (κ2) is 6.07. The molecule has 1 aromatic carbocycles. The molecule has 3 heterocycles. The summed E-state index contributed by atoms with van der Waals surface area (Å²) in [6, 6.07) is 9.24. The van der Waals surface area contributed by atoms with Gasteiger partial charge < -0.3 is 9.72 Å². The third-order valence-corrected chi connectivity index (χ3v) is 4.12. The first-order valence-corrected chi connectivity index (χ1v) is 8.00. The van der Waals surface area contributed by atoms with Crippen LogP contribution in [0.15, 0.2) is 36.5 Å². The van der Waals surface area contributed by atoms with Crippen molar-refractivity contribution in [2.75, 3.05) is 6.61 Å². The van der Waals surface area contributed by atoms with Gasteiger partial charge in [-0.2, -0.15) is 4.98 Å². The number of esters is 1. The van der Waals surface area contributed by atoms with Gasteiger partial charge in [0.05, 0.1) is 0 Å². The van der Waals surface area contributed by atoms with Crippen LogP contribution in [0.25, 0.3) is 16.7 Å². The normalized spacial score (nSPS) is 11.2. The van der Waals surface area contributed by atoms with Crippen LogP contribution < -0.4 is 0 Å². The molecule has 3 aromatic heterocycles. The molecule has 0 saturated carbocycles. The van der Waals surface area contributed by atoms with Crippen LogP contribution in [0.5, 0.6) is 0 Å². The van der Waals surface area contributed by atoms with Crippen molar-refractivity contribution in [3.63, 3.8) is 0 Å². The summed E-state index contributed by atoms with van der Waals surface area (Å²) in [5.41, 5.74) is 2.90. The van der Waals surface area contributed by atoms with Crippen molar-refractivity contribution in [3.05, 3.63) is 59.3 Å². The number of rotatable bonds is 4. The summed E-state index contributed by atoms with van der Waals surface area (Å²) in [6.07, 6.45) is 1.58. The molecule has 130 valence electrons. The quantitative estimate of drug-likeness (QED) is 0.448. The molecule has 4 aromatic rings. The van der Waals surface area contributed by atoms with E-state index in [-0.39, 0.29) is 18.2 Å². The average Bonchev–Trinajstić information content (AvgIpc) is 3.20. The number of aromatic nitrogens is 5. The molecular weight excluding hydrogens is 334 g/mol. The predicted molar refractivity (Wildman–Crippen MR) is 93.2 cm³/mol. The van der Waals surface area contributed by atoms with E-state index in [9.17, 15) is 9.59 Å². The molecule has 4 rings (SSSR count). The molecule has 0 saturated heterocycles. The van der Waals surface area contributed by atoms with Crippen molar-refractivity contribution in [2.24, 2.45) is 0 Å². The number of fused-ring (bicyclic) bond motifs is 2. The number of H-pyrrole nitrogens is 1. The first-order chi connectivity index (χ1) is 12.5. The lowest BCUT2D eigenvalue weighted by Gasteiger charge is -2.02. The molecule has 0 radical (unpaired) electrons. The highest BCUT2D eigenvalue weighted by Gasteiger charge is 2.20. The Balaban J connectivity index is 1.54. The molecule has 26 heavy (non-hydrogen) atoms. The molecule has 8 nitrogen and oxygen atoms in total. The number of carbonyl (C=O) groups excluding carboxylic acids is 2. The van der Waals surface area contributed by atoms with Gasteiger partial charge in [0.15, 0.2) is 6.61 Å². The van der Waals surface area contributed by atoms with Gasteiger partial charge in [0.2, 0.25) is 5.78 Å². The Hall–Kier alpha value is -3.55. The molecule has 0 unspecified atom stereocenters. The Bertz CT molecular complexity index is 1160. The summed E-state index contributed by atoms with van der Waals surface area (Å²) in [5.74, 6) is -0.877. The van der Waals surface area contributed by atoms with Crippen LogP contribution in [0, 0.1) is 13.8 Å². The van der Waals surface area contributed by atoms with Gasteiger partial charge in [-0.3, -0.25) is 4.79 Å². The first-order valence-electron chi connectivity index (χ1n) is 8.00. The molecule has 0 aliphatic carbocycles. The number of Topliss-reactive ketones (excluding diaryl/α,β-unsaturated/α-hetero) is 1. The van der Waals surface area contributed by atoms with Crippen LogP contribution in [-0.4, -0.2) is 42.9 Å². The zero-order valence-electron chi connectivity index (χ0n) is 14.2. The second-order valence-corrected chi connectivity index (χ2v) is 5.90. The number of ketones is 1. The van der Waals surface area contributed by atoms with Crippen LogP contribution >= 0.6 is 0 Å². The predicted octanol–water partition coefficient (Wildman–Crippen LogP) is 2.26. The van der Waals surface area contributed by atoms with Gasteiger partial charge in [0, 0.05) is 34.1 Å². The third kappa shape index (κ3) is 2.61. The molecule has 0 fully saturated rings. The lowest BCUT2D eigenvalue weighted by atomic mass is 10.1. The molecule has 0 spiro atoms. The van der Waals surface area contributed by atoms with Crippen molar-refractivity contribution in [2.45, 2.75) is 13.8 Å². The molecule has 1 N–H and O–H groups in total. The lowest BCUT2D eigenvalue weighted by Crippen LogP contribution is -2.16. The van der Waals surface area contributed by atoms with E-state index in [1.165, 1.54) is 4.52 Å². The minimum absolute atomic E-state index is 0.129. The van der Waals surface area contributed by atoms with E-state index in [1.807, 2.05) is 38.1 Å². The monoisotopic (exact) mass is 349 g/mol. The smallest absolute Gasteiger partial charge is 0.378 e. The minimum atomic E-state index is -0.763. The number of nitrogens with zero attached hydrogens (tertiary/aromatic N) is 4. The van der Waals surface area contributed by atoms with Gasteiger partial charge in [-0.15, -0.1) is 5.10 Å². The average molecular weight is 349 g/mol. The molecule has 0 amide bonds. The summed E-state index contributed by atoms with van der Waals surface area (Å²) in [7, 11) is 0. The Kier molecular flexibility index (Phi) is 3.72. The molecule has 0 atom stereocenters. The van der Waals surface area contributed by atoms with Gasteiger partial charge >= 0.3 is 5.97 Å². The SMILES string of the molecule is Cc1[nH]c2ccccc2c1C(=O)COC(=O)c1nc2nccc(C)n2n1. The van der Waals surface area contributed by atoms with Gasteiger partial charge in [0.1, 0.15) is 0 Å². The molecular formula is C18H15N5O3. The van der Waals surface area contributed by atoms with Crippen molar-refractivity contribution in [1.82, 2.24) is 24.6 Å². The Morgan fingerprint density at radius 2 is 2.00 bits per heavy atom. The first kappa shape index (κ1) is 15.9. The number of para-hydroxylation sites is 1. The fourth-order valence-electron chi connectivity index (χ4n) is 2.90. The van der Waals surface area contributed by atoms with Gasteiger partial charge in [-0.25, -0.2) is 14.3 Å². The zero-order chi connectivity index (χ0) is 18.3. The van der Waals surface area contributed by atoms with Crippen LogP contribution in [0.4, 0.5) is 0 Å². The van der Waals surface area contributed by atoms with E-state index in [1.54, 1.807) is 12.3 Å². The maximum atomic E-state index is 12.5. The zero-order valence-corrected chi connectivity index (χ0v) is 14.2. The Labute approximate surface area is 147 Å². The standard InChI is InChI=1S/C18H15N5O3/c1-10-7-8-19-18-21-16(22-23(10)18)17(25)26-9-14(24)15-11(2)20-13-6-4-3-5-12(13)15/h3-8,20H,9H2,1-2H3. The molecule has 0 aliphatic rings. The number of carbonyl (C=O) groups is 2. The molecule has 8 heteroatoms. The minimum Gasteiger partial charge on any atom is -0.451 e. The highest BCUT2D eigenvalue weighted by atomic mass is 16.5. The lowest BCUT2D eigenvalue weighted by molar-refractivity contribution is 0.0463. The third-order valence-electron chi connectivity index (χ3n) is 4.12. The number of nitrogens with one attached hydrogen (secondary N) is 1. The number of hydrogen-bond acceptors (Lipinski definition) is 6. The Morgan fingerprint density at radius 3 is 2.81 bits per heavy atom. The molecule has 0 aliphatic heterocycles. The maximum Gasteiger partial charge on any atom is 0.378 e. The highest BCUT2D eigenvalue weighted by Crippen LogP contribution is 2.22. The van der Waals surface area contributed by atoms with Gasteiger partial charge in [-0.1, -0.05) is 18.2 Å². The van der Waals surface area contributed by atoms with E-state index < -0.39 is 5.97 Å². The van der Waals surface area contributed by atoms with Crippen molar-refractivity contribution in [3.8, 4) is 0 Å². The van der Waals surface area contributed by atoms with Crippen LogP contribution in [0.2, 0.25) is 0 Å². The van der Waals surface area contributed by atoms with Gasteiger partial charge in [-0.05, 0) is 26.0 Å². The van der Waals surface area contributed by atoms with E-state index >= 15 is 0 Å². The van der Waals surface area contributed by atoms with E-state index in [4.69, 9.17) is 4.74 Å².